The summed E-state index contributed by atoms with van der Waals surface area (Å²) in [5, 5.41) is 0. The maximum atomic E-state index is 14.1. The number of likely N-dealkylation sites (tertiary alicyclic amines) is 1. The summed E-state index contributed by atoms with van der Waals surface area (Å²) in [5.74, 6) is 0.207. The number of amides is 1. The molecule has 1 spiro atoms. The molecule has 168 valence electrons. The summed E-state index contributed by atoms with van der Waals surface area (Å²) >= 11 is 0. The van der Waals surface area contributed by atoms with E-state index in [2.05, 4.69) is 70.5 Å². The third kappa shape index (κ3) is 3.51. The van der Waals surface area contributed by atoms with E-state index in [-0.39, 0.29) is 5.91 Å². The fourth-order valence-corrected chi connectivity index (χ4v) is 5.50. The Morgan fingerprint density at radius 3 is 2.15 bits per heavy atom. The highest BCUT2D eigenvalue weighted by Gasteiger charge is 2.52. The largest absolute Gasteiger partial charge is 0.297 e. The van der Waals surface area contributed by atoms with Crippen LogP contribution in [0.4, 0.5) is 11.4 Å². The summed E-state index contributed by atoms with van der Waals surface area (Å²) in [6, 6.07) is 33.1. The number of carbonyl (C=O) groups is 1. The van der Waals surface area contributed by atoms with Crippen molar-refractivity contribution < 1.29 is 4.79 Å². The van der Waals surface area contributed by atoms with Gasteiger partial charge < -0.3 is 0 Å². The molecular weight excluding hydrogens is 418 g/mol. The number of pyridine rings is 1. The van der Waals surface area contributed by atoms with E-state index in [1.165, 1.54) is 11.1 Å². The molecule has 4 aromatic rings. The summed E-state index contributed by atoms with van der Waals surface area (Å²) in [6.45, 7) is 2.60. The topological polar surface area (TPSA) is 36.4 Å². The number of carbonyl (C=O) groups excluding carboxylic acids is 1. The van der Waals surface area contributed by atoms with Crippen LogP contribution in [0.15, 0.2) is 103 Å². The average Bonchev–Trinajstić information content (AvgIpc) is 3.14. The van der Waals surface area contributed by atoms with Gasteiger partial charge in [0, 0.05) is 18.4 Å². The number of hydrogen-bond donors (Lipinski definition) is 0. The summed E-state index contributed by atoms with van der Waals surface area (Å²) in [7, 11) is 0. The predicted molar refractivity (Wildman–Crippen MR) is 136 cm³/mol. The molecule has 0 atom stereocenters. The summed E-state index contributed by atoms with van der Waals surface area (Å²) in [5.41, 5.74) is 6.10. The van der Waals surface area contributed by atoms with E-state index in [0.29, 0.717) is 0 Å². The molecule has 1 amide bonds. The van der Waals surface area contributed by atoms with Crippen molar-refractivity contribution >= 4 is 17.3 Å². The van der Waals surface area contributed by atoms with Gasteiger partial charge in [-0.25, -0.2) is 0 Å². The van der Waals surface area contributed by atoms with Crippen molar-refractivity contribution in [2.75, 3.05) is 18.0 Å². The average molecular weight is 446 g/mol. The van der Waals surface area contributed by atoms with Crippen LogP contribution in [0.1, 0.15) is 24.1 Å². The lowest BCUT2D eigenvalue weighted by Crippen LogP contribution is -2.47. The number of para-hydroxylation sites is 1. The SMILES string of the molecule is O=C1N(c2ccc(-c3ccccc3)cc2)c2ccccc2C12CCN(Cc1ccccn1)CC2. The highest BCUT2D eigenvalue weighted by molar-refractivity contribution is 6.13. The Labute approximate surface area is 200 Å². The lowest BCUT2D eigenvalue weighted by atomic mass is 9.73. The van der Waals surface area contributed by atoms with Gasteiger partial charge in [-0.3, -0.25) is 19.6 Å². The predicted octanol–water partition coefficient (Wildman–Crippen LogP) is 5.96. The molecule has 1 saturated heterocycles. The minimum absolute atomic E-state index is 0.207. The van der Waals surface area contributed by atoms with Crippen LogP contribution < -0.4 is 4.90 Å². The molecule has 0 unspecified atom stereocenters. The van der Waals surface area contributed by atoms with Gasteiger partial charge in [-0.1, -0.05) is 66.7 Å². The second kappa shape index (κ2) is 8.54. The van der Waals surface area contributed by atoms with E-state index in [0.717, 1.165) is 55.1 Å². The Hall–Kier alpha value is -3.76. The van der Waals surface area contributed by atoms with Crippen LogP contribution in [0.2, 0.25) is 0 Å². The molecular formula is C30H27N3O. The highest BCUT2D eigenvalue weighted by Crippen LogP contribution is 2.50. The van der Waals surface area contributed by atoms with Crippen LogP contribution >= 0.6 is 0 Å². The van der Waals surface area contributed by atoms with Crippen molar-refractivity contribution in [3.8, 4) is 11.1 Å². The van der Waals surface area contributed by atoms with Gasteiger partial charge in [-0.05, 0) is 73.0 Å². The third-order valence-electron chi connectivity index (χ3n) is 7.33. The zero-order chi connectivity index (χ0) is 23.0. The number of piperidine rings is 1. The lowest BCUT2D eigenvalue weighted by Gasteiger charge is -2.38. The Morgan fingerprint density at radius 1 is 0.735 bits per heavy atom. The van der Waals surface area contributed by atoms with Gasteiger partial charge >= 0.3 is 0 Å². The van der Waals surface area contributed by atoms with Crippen molar-refractivity contribution in [1.82, 2.24) is 9.88 Å². The summed E-state index contributed by atoms with van der Waals surface area (Å²) < 4.78 is 0. The molecule has 1 fully saturated rings. The van der Waals surface area contributed by atoms with E-state index < -0.39 is 5.41 Å². The van der Waals surface area contributed by atoms with Crippen molar-refractivity contribution in [2.24, 2.45) is 0 Å². The Morgan fingerprint density at radius 2 is 1.41 bits per heavy atom. The van der Waals surface area contributed by atoms with Gasteiger partial charge in [0.15, 0.2) is 0 Å². The molecule has 0 aliphatic carbocycles. The van der Waals surface area contributed by atoms with Crippen molar-refractivity contribution in [2.45, 2.75) is 24.8 Å². The number of aromatic nitrogens is 1. The molecule has 2 aliphatic rings. The molecule has 34 heavy (non-hydrogen) atoms. The monoisotopic (exact) mass is 445 g/mol. The van der Waals surface area contributed by atoms with E-state index in [1.807, 2.05) is 47.5 Å². The molecule has 3 aromatic carbocycles. The van der Waals surface area contributed by atoms with Crippen LogP contribution in [0.5, 0.6) is 0 Å². The number of hydrogen-bond acceptors (Lipinski definition) is 3. The normalized spacial score (nSPS) is 17.2. The van der Waals surface area contributed by atoms with Gasteiger partial charge in [0.05, 0.1) is 16.8 Å². The molecule has 0 saturated carbocycles. The van der Waals surface area contributed by atoms with Gasteiger partial charge in [0.2, 0.25) is 5.91 Å². The minimum atomic E-state index is -0.449. The molecule has 1 aromatic heterocycles. The van der Waals surface area contributed by atoms with Gasteiger partial charge in [0.1, 0.15) is 0 Å². The van der Waals surface area contributed by atoms with Crippen molar-refractivity contribution in [3.05, 3.63) is 115 Å². The highest BCUT2D eigenvalue weighted by atomic mass is 16.2. The first-order valence-corrected chi connectivity index (χ1v) is 12.0. The maximum Gasteiger partial charge on any atom is 0.242 e. The minimum Gasteiger partial charge on any atom is -0.297 e. The molecule has 6 rings (SSSR count). The van der Waals surface area contributed by atoms with E-state index >= 15 is 0 Å². The number of rotatable bonds is 4. The zero-order valence-corrected chi connectivity index (χ0v) is 19.1. The van der Waals surface area contributed by atoms with E-state index in [1.54, 1.807) is 0 Å². The zero-order valence-electron chi connectivity index (χ0n) is 19.1. The van der Waals surface area contributed by atoms with Crippen LogP contribution in [-0.2, 0) is 16.8 Å². The van der Waals surface area contributed by atoms with E-state index in [4.69, 9.17) is 0 Å². The fraction of sp³-hybridized carbons (Fsp3) is 0.200. The maximum absolute atomic E-state index is 14.1. The van der Waals surface area contributed by atoms with Crippen LogP contribution in [0, 0.1) is 0 Å². The standard InChI is InChI=1S/C30H27N3O/c34-29-30(17-20-32(21-18-30)22-25-10-6-7-19-31-25)27-11-4-5-12-28(27)33(29)26-15-13-24(14-16-26)23-8-2-1-3-9-23/h1-16,19H,17-18,20-22H2. The summed E-state index contributed by atoms with van der Waals surface area (Å²) in [4.78, 5) is 22.9. The first-order chi connectivity index (χ1) is 16.7. The molecule has 0 bridgehead atoms. The number of anilines is 2. The van der Waals surface area contributed by atoms with Crippen LogP contribution in [0.3, 0.4) is 0 Å². The third-order valence-corrected chi connectivity index (χ3v) is 7.33. The second-order valence-electron chi connectivity index (χ2n) is 9.25. The van der Waals surface area contributed by atoms with Crippen molar-refractivity contribution in [1.29, 1.82) is 0 Å². The van der Waals surface area contributed by atoms with Crippen LogP contribution in [-0.4, -0.2) is 28.9 Å². The molecule has 2 aliphatic heterocycles. The van der Waals surface area contributed by atoms with Gasteiger partial charge in [-0.2, -0.15) is 0 Å². The number of nitrogens with zero attached hydrogens (tertiary/aromatic N) is 3. The molecule has 0 radical (unpaired) electrons. The Balaban J connectivity index is 1.28. The summed E-state index contributed by atoms with van der Waals surface area (Å²) in [6.07, 6.45) is 3.50. The first-order valence-electron chi connectivity index (χ1n) is 12.0. The molecule has 4 heteroatoms. The quantitative estimate of drug-likeness (QED) is 0.389. The lowest BCUT2D eigenvalue weighted by molar-refractivity contribution is -0.124. The molecule has 0 N–H and O–H groups in total. The second-order valence-corrected chi connectivity index (χ2v) is 9.25. The Kier molecular flexibility index (Phi) is 5.23. The van der Waals surface area contributed by atoms with Crippen molar-refractivity contribution in [3.63, 3.8) is 0 Å². The number of fused-ring (bicyclic) bond motifs is 2. The van der Waals surface area contributed by atoms with Crippen LogP contribution in [0.25, 0.3) is 11.1 Å². The van der Waals surface area contributed by atoms with Gasteiger partial charge in [0.25, 0.3) is 0 Å². The molecule has 3 heterocycles. The van der Waals surface area contributed by atoms with Gasteiger partial charge in [-0.15, -0.1) is 0 Å². The Bertz CT molecular complexity index is 1290. The fourth-order valence-electron chi connectivity index (χ4n) is 5.50. The first kappa shape index (κ1) is 20.8. The number of benzene rings is 3. The smallest absolute Gasteiger partial charge is 0.242 e. The van der Waals surface area contributed by atoms with E-state index in [9.17, 15) is 4.79 Å². The molecule has 4 nitrogen and oxygen atoms in total.